The standard InChI is InChI=1S/C24H24ClN3O3/c25-20-8-2-1-6-17(20)16-22(29)26-21-9-3-7-19-18(21)11-15-28(24(19)31)14-5-13-27-12-4-10-23(27)30/h1-3,6-9,11,15H,4-5,10,12-14,16H2,(H,26,29). The van der Waals surface area contributed by atoms with Gasteiger partial charge in [0.05, 0.1) is 6.42 Å². The van der Waals surface area contributed by atoms with Crippen LogP contribution in [0.5, 0.6) is 0 Å². The molecule has 0 atom stereocenters. The molecule has 7 heteroatoms. The van der Waals surface area contributed by atoms with Gasteiger partial charge >= 0.3 is 0 Å². The summed E-state index contributed by atoms with van der Waals surface area (Å²) in [5.74, 6) is 0.00286. The number of hydrogen-bond acceptors (Lipinski definition) is 3. The lowest BCUT2D eigenvalue weighted by molar-refractivity contribution is -0.127. The predicted octanol–water partition coefficient (Wildman–Crippen LogP) is 3.85. The number of aryl methyl sites for hydroxylation is 1. The maximum Gasteiger partial charge on any atom is 0.258 e. The lowest BCUT2D eigenvalue weighted by Gasteiger charge is -2.16. The van der Waals surface area contributed by atoms with Crippen molar-refractivity contribution in [1.82, 2.24) is 9.47 Å². The van der Waals surface area contributed by atoms with E-state index in [4.69, 9.17) is 11.6 Å². The molecule has 1 aliphatic rings. The van der Waals surface area contributed by atoms with Gasteiger partial charge in [-0.05, 0) is 42.7 Å². The number of amides is 2. The van der Waals surface area contributed by atoms with Crippen molar-refractivity contribution < 1.29 is 9.59 Å². The summed E-state index contributed by atoms with van der Waals surface area (Å²) in [5, 5.41) is 4.70. The molecule has 4 rings (SSSR count). The van der Waals surface area contributed by atoms with E-state index in [2.05, 4.69) is 5.32 Å². The van der Waals surface area contributed by atoms with Gasteiger partial charge in [0.2, 0.25) is 11.8 Å². The molecule has 0 saturated carbocycles. The SMILES string of the molecule is O=C(Cc1ccccc1Cl)Nc1cccc2c(=O)n(CCCN3CCCC3=O)ccc12. The number of nitrogens with zero attached hydrogens (tertiary/aromatic N) is 2. The van der Waals surface area contributed by atoms with Crippen LogP contribution in [-0.4, -0.2) is 34.4 Å². The maximum absolute atomic E-state index is 12.9. The van der Waals surface area contributed by atoms with E-state index in [1.807, 2.05) is 29.2 Å². The molecular formula is C24H24ClN3O3. The third kappa shape index (κ3) is 4.80. The zero-order valence-corrected chi connectivity index (χ0v) is 17.9. The number of halogens is 1. The van der Waals surface area contributed by atoms with Crippen LogP contribution in [0.2, 0.25) is 5.02 Å². The quantitative estimate of drug-likeness (QED) is 0.610. The van der Waals surface area contributed by atoms with Gasteiger partial charge in [0, 0.05) is 53.7 Å². The van der Waals surface area contributed by atoms with Gasteiger partial charge < -0.3 is 14.8 Å². The van der Waals surface area contributed by atoms with Crippen LogP contribution in [0.1, 0.15) is 24.8 Å². The Labute approximate surface area is 185 Å². The van der Waals surface area contributed by atoms with Gasteiger partial charge in [-0.3, -0.25) is 14.4 Å². The van der Waals surface area contributed by atoms with Crippen LogP contribution in [0, 0.1) is 0 Å². The average molecular weight is 438 g/mol. The second kappa shape index (κ2) is 9.35. The maximum atomic E-state index is 12.9. The molecule has 2 heterocycles. The topological polar surface area (TPSA) is 71.4 Å². The minimum absolute atomic E-state index is 0.104. The van der Waals surface area contributed by atoms with Crippen LogP contribution >= 0.6 is 11.6 Å². The number of carbonyl (C=O) groups is 2. The number of hydrogen-bond donors (Lipinski definition) is 1. The average Bonchev–Trinajstić information content (AvgIpc) is 3.16. The Morgan fingerprint density at radius 3 is 2.61 bits per heavy atom. The van der Waals surface area contributed by atoms with E-state index in [0.717, 1.165) is 24.9 Å². The van der Waals surface area contributed by atoms with Crippen LogP contribution in [0.3, 0.4) is 0 Å². The lowest BCUT2D eigenvalue weighted by Crippen LogP contribution is -2.28. The Hall–Kier alpha value is -3.12. The molecule has 0 radical (unpaired) electrons. The fourth-order valence-corrected chi connectivity index (χ4v) is 4.19. The van der Waals surface area contributed by atoms with Crippen LogP contribution < -0.4 is 10.9 Å². The molecule has 1 N–H and O–H groups in total. The first-order valence-corrected chi connectivity index (χ1v) is 10.8. The van der Waals surface area contributed by atoms with Crippen molar-refractivity contribution in [2.24, 2.45) is 0 Å². The summed E-state index contributed by atoms with van der Waals surface area (Å²) < 4.78 is 1.66. The van der Waals surface area contributed by atoms with E-state index >= 15 is 0 Å². The summed E-state index contributed by atoms with van der Waals surface area (Å²) in [6.07, 6.45) is 4.18. The molecule has 1 aromatic heterocycles. The highest BCUT2D eigenvalue weighted by atomic mass is 35.5. The summed E-state index contributed by atoms with van der Waals surface area (Å²) in [7, 11) is 0. The van der Waals surface area contributed by atoms with E-state index in [1.54, 1.807) is 35.0 Å². The highest BCUT2D eigenvalue weighted by molar-refractivity contribution is 6.31. The minimum Gasteiger partial charge on any atom is -0.343 e. The van der Waals surface area contributed by atoms with Gasteiger partial charge in [0.15, 0.2) is 0 Å². The van der Waals surface area contributed by atoms with Crippen molar-refractivity contribution >= 4 is 39.9 Å². The molecule has 3 aromatic rings. The Kier molecular flexibility index (Phi) is 6.37. The Morgan fingerprint density at radius 1 is 1.00 bits per heavy atom. The highest BCUT2D eigenvalue weighted by Crippen LogP contribution is 2.22. The molecule has 160 valence electrons. The van der Waals surface area contributed by atoms with Gasteiger partial charge in [-0.25, -0.2) is 0 Å². The van der Waals surface area contributed by atoms with Crippen LogP contribution in [0.4, 0.5) is 5.69 Å². The number of benzene rings is 2. The molecule has 0 spiro atoms. The molecular weight excluding hydrogens is 414 g/mol. The summed E-state index contributed by atoms with van der Waals surface area (Å²) in [6.45, 7) is 2.02. The van der Waals surface area contributed by atoms with Gasteiger partial charge in [-0.2, -0.15) is 0 Å². The number of aromatic nitrogens is 1. The third-order valence-corrected chi connectivity index (χ3v) is 5.97. The Morgan fingerprint density at radius 2 is 1.84 bits per heavy atom. The van der Waals surface area contributed by atoms with Crippen molar-refractivity contribution in [2.75, 3.05) is 18.4 Å². The van der Waals surface area contributed by atoms with Crippen LogP contribution in [0.25, 0.3) is 10.8 Å². The van der Waals surface area contributed by atoms with Crippen molar-refractivity contribution in [3.63, 3.8) is 0 Å². The summed E-state index contributed by atoms with van der Waals surface area (Å²) in [4.78, 5) is 39.1. The number of nitrogens with one attached hydrogen (secondary N) is 1. The number of carbonyl (C=O) groups excluding carboxylic acids is 2. The normalized spacial score (nSPS) is 13.7. The molecule has 31 heavy (non-hydrogen) atoms. The second-order valence-corrected chi connectivity index (χ2v) is 8.14. The molecule has 0 bridgehead atoms. The van der Waals surface area contributed by atoms with Gasteiger partial charge in [0.25, 0.3) is 5.56 Å². The fourth-order valence-electron chi connectivity index (χ4n) is 3.98. The van der Waals surface area contributed by atoms with E-state index in [1.165, 1.54) is 0 Å². The number of likely N-dealkylation sites (tertiary alicyclic amines) is 1. The van der Waals surface area contributed by atoms with Crippen molar-refractivity contribution in [3.8, 4) is 0 Å². The number of anilines is 1. The monoisotopic (exact) mass is 437 g/mol. The molecule has 1 aliphatic heterocycles. The van der Waals surface area contributed by atoms with Gasteiger partial charge in [-0.1, -0.05) is 35.9 Å². The van der Waals surface area contributed by atoms with Crippen LogP contribution in [0.15, 0.2) is 59.5 Å². The zero-order valence-electron chi connectivity index (χ0n) is 17.1. The molecule has 6 nitrogen and oxygen atoms in total. The predicted molar refractivity (Wildman–Crippen MR) is 122 cm³/mol. The van der Waals surface area contributed by atoms with Gasteiger partial charge in [-0.15, -0.1) is 0 Å². The number of rotatable bonds is 7. The molecule has 1 saturated heterocycles. The molecule has 0 aliphatic carbocycles. The van der Waals surface area contributed by atoms with E-state index in [-0.39, 0.29) is 23.8 Å². The fraction of sp³-hybridized carbons (Fsp3) is 0.292. The van der Waals surface area contributed by atoms with Crippen molar-refractivity contribution in [2.45, 2.75) is 32.2 Å². The smallest absolute Gasteiger partial charge is 0.258 e. The summed E-state index contributed by atoms with van der Waals surface area (Å²) >= 11 is 6.15. The molecule has 1 fully saturated rings. The first-order valence-electron chi connectivity index (χ1n) is 10.5. The number of fused-ring (bicyclic) bond motifs is 1. The molecule has 2 aromatic carbocycles. The summed E-state index contributed by atoms with van der Waals surface area (Å²) in [6, 6.07) is 14.4. The van der Waals surface area contributed by atoms with E-state index in [0.29, 0.717) is 41.0 Å². The minimum atomic E-state index is -0.194. The third-order valence-electron chi connectivity index (χ3n) is 5.60. The van der Waals surface area contributed by atoms with Crippen molar-refractivity contribution in [1.29, 1.82) is 0 Å². The largest absolute Gasteiger partial charge is 0.343 e. The second-order valence-electron chi connectivity index (χ2n) is 7.74. The van der Waals surface area contributed by atoms with E-state index in [9.17, 15) is 14.4 Å². The van der Waals surface area contributed by atoms with Crippen molar-refractivity contribution in [3.05, 3.63) is 75.7 Å². The number of pyridine rings is 1. The first-order chi connectivity index (χ1) is 15.0. The molecule has 2 amide bonds. The lowest BCUT2D eigenvalue weighted by atomic mass is 10.1. The van der Waals surface area contributed by atoms with Gasteiger partial charge in [0.1, 0.15) is 0 Å². The highest BCUT2D eigenvalue weighted by Gasteiger charge is 2.19. The Balaban J connectivity index is 1.47. The molecule has 0 unspecified atom stereocenters. The Bertz CT molecular complexity index is 1190. The first kappa shape index (κ1) is 21.1. The summed E-state index contributed by atoms with van der Waals surface area (Å²) in [5.41, 5.74) is 1.25. The zero-order chi connectivity index (χ0) is 21.8. The van der Waals surface area contributed by atoms with Crippen LogP contribution in [-0.2, 0) is 22.6 Å². The van der Waals surface area contributed by atoms with E-state index < -0.39 is 0 Å².